The fraction of sp³-hybridized carbons (Fsp3) is 0.417. The van der Waals surface area contributed by atoms with Crippen LogP contribution in [0.3, 0.4) is 0 Å². The van der Waals surface area contributed by atoms with Crippen molar-refractivity contribution in [1.82, 2.24) is 5.32 Å². The molecule has 0 saturated heterocycles. The minimum atomic E-state index is -2.46. The van der Waals surface area contributed by atoms with E-state index in [2.05, 4.69) is 10.3 Å². The number of alkyl halides is 2. The van der Waals surface area contributed by atoms with Gasteiger partial charge in [-0.3, -0.25) is 0 Å². The lowest BCUT2D eigenvalue weighted by atomic mass is 10.2. The number of halogens is 2. The van der Waals surface area contributed by atoms with Gasteiger partial charge in [-0.25, -0.2) is 13.8 Å². The molecule has 0 fully saturated rings. The molecule has 0 atom stereocenters. The van der Waals surface area contributed by atoms with E-state index in [1.54, 1.807) is 25.3 Å². The molecule has 0 amide bonds. The summed E-state index contributed by atoms with van der Waals surface area (Å²) in [7, 11) is 3.07. The largest absolute Gasteiger partial charge is 0.493 e. The number of aliphatic imine (C=N–C) groups is 1. The molecular weight excluding hydrogens is 256 g/mol. The highest BCUT2D eigenvalue weighted by atomic mass is 19.3. The highest BCUT2D eigenvalue weighted by molar-refractivity contribution is 5.77. The number of hydrogen-bond acceptors (Lipinski definition) is 3. The van der Waals surface area contributed by atoms with Gasteiger partial charge in [0.05, 0.1) is 27.3 Å². The number of nitrogens with two attached hydrogens (primary N) is 1. The van der Waals surface area contributed by atoms with Crippen LogP contribution in [0.2, 0.25) is 0 Å². The van der Waals surface area contributed by atoms with Crippen molar-refractivity contribution in [2.75, 3.05) is 20.8 Å². The van der Waals surface area contributed by atoms with Gasteiger partial charge in [0.25, 0.3) is 6.43 Å². The molecule has 0 bridgehead atoms. The zero-order chi connectivity index (χ0) is 14.3. The van der Waals surface area contributed by atoms with Crippen molar-refractivity contribution in [2.24, 2.45) is 10.7 Å². The summed E-state index contributed by atoms with van der Waals surface area (Å²) in [5, 5.41) is 2.33. The van der Waals surface area contributed by atoms with E-state index in [4.69, 9.17) is 15.2 Å². The molecule has 106 valence electrons. The van der Waals surface area contributed by atoms with Crippen LogP contribution in [0.25, 0.3) is 0 Å². The average molecular weight is 273 g/mol. The molecule has 0 aliphatic carbocycles. The van der Waals surface area contributed by atoms with Gasteiger partial charge in [-0.1, -0.05) is 6.07 Å². The van der Waals surface area contributed by atoms with Crippen molar-refractivity contribution in [2.45, 2.75) is 13.0 Å². The highest BCUT2D eigenvalue weighted by Crippen LogP contribution is 2.27. The maximum absolute atomic E-state index is 11.9. The number of benzene rings is 1. The fourth-order valence-electron chi connectivity index (χ4n) is 1.39. The average Bonchev–Trinajstić information content (AvgIpc) is 2.42. The topological polar surface area (TPSA) is 68.9 Å². The number of ether oxygens (including phenoxy) is 2. The molecule has 0 aromatic heterocycles. The number of nitrogens with zero attached hydrogens (tertiary/aromatic N) is 1. The van der Waals surface area contributed by atoms with Crippen LogP contribution in [-0.2, 0) is 6.54 Å². The maximum Gasteiger partial charge on any atom is 0.255 e. The molecule has 3 N–H and O–H groups in total. The van der Waals surface area contributed by atoms with Crippen LogP contribution in [0.1, 0.15) is 5.56 Å². The first kappa shape index (κ1) is 15.0. The number of hydrogen-bond donors (Lipinski definition) is 2. The Morgan fingerprint density at radius 1 is 1.32 bits per heavy atom. The van der Waals surface area contributed by atoms with E-state index in [9.17, 15) is 8.78 Å². The van der Waals surface area contributed by atoms with Gasteiger partial charge in [-0.05, 0) is 17.7 Å². The van der Waals surface area contributed by atoms with Gasteiger partial charge in [-0.2, -0.15) is 0 Å². The van der Waals surface area contributed by atoms with Gasteiger partial charge in [0.2, 0.25) is 0 Å². The van der Waals surface area contributed by atoms with E-state index in [1.807, 2.05) is 0 Å². The Balaban J connectivity index is 2.64. The minimum Gasteiger partial charge on any atom is -0.493 e. The van der Waals surface area contributed by atoms with Gasteiger partial charge < -0.3 is 20.5 Å². The standard InChI is InChI=1S/C12H17F2N3O2/c1-18-9-4-3-8(5-10(9)19-2)6-16-12(15)17-7-11(13)14/h3-5,11H,6-7H2,1-2H3,(H3,15,16,17). The van der Waals surface area contributed by atoms with Gasteiger partial charge >= 0.3 is 0 Å². The van der Waals surface area contributed by atoms with Crippen LogP contribution >= 0.6 is 0 Å². The van der Waals surface area contributed by atoms with Crippen molar-refractivity contribution in [3.63, 3.8) is 0 Å². The predicted molar refractivity (Wildman–Crippen MR) is 68.9 cm³/mol. The second-order valence-corrected chi connectivity index (χ2v) is 3.66. The Morgan fingerprint density at radius 3 is 2.58 bits per heavy atom. The van der Waals surface area contributed by atoms with Crippen molar-refractivity contribution in [3.05, 3.63) is 23.8 Å². The van der Waals surface area contributed by atoms with Crippen LogP contribution in [0.15, 0.2) is 23.2 Å². The molecule has 0 unspecified atom stereocenters. The second-order valence-electron chi connectivity index (χ2n) is 3.66. The summed E-state index contributed by atoms with van der Waals surface area (Å²) >= 11 is 0. The molecule has 7 heteroatoms. The van der Waals surface area contributed by atoms with Gasteiger partial charge in [0, 0.05) is 0 Å². The van der Waals surface area contributed by atoms with Crippen LogP contribution < -0.4 is 20.5 Å². The third kappa shape index (κ3) is 4.99. The van der Waals surface area contributed by atoms with E-state index < -0.39 is 13.0 Å². The van der Waals surface area contributed by atoms with E-state index in [0.29, 0.717) is 11.5 Å². The summed E-state index contributed by atoms with van der Waals surface area (Å²) in [5.41, 5.74) is 6.28. The number of rotatable bonds is 6. The van der Waals surface area contributed by atoms with E-state index in [0.717, 1.165) is 5.56 Å². The summed E-state index contributed by atoms with van der Waals surface area (Å²) in [6, 6.07) is 5.29. The molecule has 0 heterocycles. The number of nitrogens with one attached hydrogen (secondary N) is 1. The lowest BCUT2D eigenvalue weighted by Crippen LogP contribution is -2.35. The van der Waals surface area contributed by atoms with Crippen LogP contribution in [0, 0.1) is 0 Å². The quantitative estimate of drug-likeness (QED) is 0.607. The van der Waals surface area contributed by atoms with Gasteiger partial charge in [0.1, 0.15) is 0 Å². The lowest BCUT2D eigenvalue weighted by Gasteiger charge is -2.09. The second kappa shape index (κ2) is 7.40. The van der Waals surface area contributed by atoms with Gasteiger partial charge in [-0.15, -0.1) is 0 Å². The van der Waals surface area contributed by atoms with E-state index in [-0.39, 0.29) is 12.5 Å². The zero-order valence-electron chi connectivity index (χ0n) is 10.8. The molecular formula is C12H17F2N3O2. The molecule has 19 heavy (non-hydrogen) atoms. The molecule has 0 aliphatic rings. The van der Waals surface area contributed by atoms with Crippen molar-refractivity contribution in [1.29, 1.82) is 0 Å². The SMILES string of the molecule is COc1ccc(CN=C(N)NCC(F)F)cc1OC. The van der Waals surface area contributed by atoms with Crippen molar-refractivity contribution in [3.8, 4) is 11.5 Å². The number of methoxy groups -OCH3 is 2. The summed E-state index contributed by atoms with van der Waals surface area (Å²) in [4.78, 5) is 3.95. The normalized spacial score (nSPS) is 11.5. The van der Waals surface area contributed by atoms with E-state index >= 15 is 0 Å². The lowest BCUT2D eigenvalue weighted by molar-refractivity contribution is 0.152. The first-order valence-corrected chi connectivity index (χ1v) is 5.59. The summed E-state index contributed by atoms with van der Waals surface area (Å²) in [5.74, 6) is 1.17. The Kier molecular flexibility index (Phi) is 5.84. The molecule has 0 saturated carbocycles. The van der Waals surface area contributed by atoms with E-state index in [1.165, 1.54) is 7.11 Å². The van der Waals surface area contributed by atoms with Gasteiger partial charge in [0.15, 0.2) is 17.5 Å². The Morgan fingerprint density at radius 2 is 2.00 bits per heavy atom. The van der Waals surface area contributed by atoms with Crippen molar-refractivity contribution < 1.29 is 18.3 Å². The monoisotopic (exact) mass is 273 g/mol. The molecule has 0 spiro atoms. The molecule has 5 nitrogen and oxygen atoms in total. The maximum atomic E-state index is 11.9. The summed E-state index contributed by atoms with van der Waals surface area (Å²) in [6.45, 7) is -0.246. The third-order valence-corrected chi connectivity index (χ3v) is 2.32. The summed E-state index contributed by atoms with van der Waals surface area (Å²) in [6.07, 6.45) is -2.46. The Bertz CT molecular complexity index is 439. The molecule has 1 aromatic rings. The highest BCUT2D eigenvalue weighted by Gasteiger charge is 2.05. The van der Waals surface area contributed by atoms with Crippen LogP contribution in [0.5, 0.6) is 11.5 Å². The smallest absolute Gasteiger partial charge is 0.255 e. The summed E-state index contributed by atoms with van der Waals surface area (Å²) < 4.78 is 34.1. The Labute approximate surface area is 110 Å². The molecule has 1 rings (SSSR count). The first-order chi connectivity index (χ1) is 9.06. The van der Waals surface area contributed by atoms with Crippen LogP contribution in [-0.4, -0.2) is 33.1 Å². The molecule has 0 radical (unpaired) electrons. The minimum absolute atomic E-state index is 0.0184. The molecule has 1 aromatic carbocycles. The third-order valence-electron chi connectivity index (χ3n) is 2.32. The van der Waals surface area contributed by atoms with Crippen molar-refractivity contribution >= 4 is 5.96 Å². The Hall–Kier alpha value is -2.05. The van der Waals surface area contributed by atoms with Crippen LogP contribution in [0.4, 0.5) is 8.78 Å². The number of guanidine groups is 1. The zero-order valence-corrected chi connectivity index (χ0v) is 10.8. The molecule has 0 aliphatic heterocycles. The fourth-order valence-corrected chi connectivity index (χ4v) is 1.39. The first-order valence-electron chi connectivity index (χ1n) is 5.59. The predicted octanol–water partition coefficient (Wildman–Crippen LogP) is 1.37.